The van der Waals surface area contributed by atoms with E-state index in [2.05, 4.69) is 36.3 Å². The fraction of sp³-hybridized carbons (Fsp3) is 0.200. The second kappa shape index (κ2) is 5.36. The van der Waals surface area contributed by atoms with Crippen molar-refractivity contribution in [1.29, 1.82) is 0 Å². The van der Waals surface area contributed by atoms with Gasteiger partial charge in [0.15, 0.2) is 0 Å². The Hall–Kier alpha value is -1.94. The highest BCUT2D eigenvalue weighted by Crippen LogP contribution is 2.21. The maximum absolute atomic E-state index is 5.72. The Morgan fingerprint density at radius 3 is 2.47 bits per heavy atom. The highest BCUT2D eigenvalue weighted by Gasteiger charge is 2.08. The van der Waals surface area contributed by atoms with Crippen molar-refractivity contribution in [2.45, 2.75) is 20.8 Å². The molecule has 19 heavy (non-hydrogen) atoms. The molecule has 0 atom stereocenters. The van der Waals surface area contributed by atoms with Crippen LogP contribution in [0, 0.1) is 20.8 Å². The van der Waals surface area contributed by atoms with Gasteiger partial charge < -0.3 is 11.1 Å². The van der Waals surface area contributed by atoms with Crippen LogP contribution in [0.25, 0.3) is 0 Å². The van der Waals surface area contributed by atoms with Gasteiger partial charge in [-0.3, -0.25) is 0 Å². The second-order valence-corrected chi connectivity index (χ2v) is 5.08. The van der Waals surface area contributed by atoms with Crippen LogP contribution in [-0.4, -0.2) is 9.97 Å². The zero-order valence-electron chi connectivity index (χ0n) is 11.3. The molecule has 0 aliphatic carbocycles. The number of pyridine rings is 1. The molecule has 1 aromatic carbocycles. The molecule has 0 spiro atoms. The Morgan fingerprint density at radius 2 is 1.84 bits per heavy atom. The highest BCUT2D eigenvalue weighted by atomic mass is 32.1. The largest absolute Gasteiger partial charge is 0.389 e. The summed E-state index contributed by atoms with van der Waals surface area (Å²) in [5.41, 5.74) is 10.9. The third kappa shape index (κ3) is 3.09. The number of nitrogens with two attached hydrogens (primary N) is 1. The van der Waals surface area contributed by atoms with Crippen LogP contribution in [0.1, 0.15) is 22.4 Å². The quantitative estimate of drug-likeness (QED) is 0.840. The van der Waals surface area contributed by atoms with Gasteiger partial charge in [0.2, 0.25) is 0 Å². The summed E-state index contributed by atoms with van der Waals surface area (Å²) in [6.45, 7) is 6.11. The van der Waals surface area contributed by atoms with E-state index < -0.39 is 0 Å². The molecule has 3 N–H and O–H groups in total. The zero-order valence-corrected chi connectivity index (χ0v) is 12.1. The van der Waals surface area contributed by atoms with E-state index in [4.69, 9.17) is 18.0 Å². The van der Waals surface area contributed by atoms with Crippen LogP contribution < -0.4 is 11.1 Å². The summed E-state index contributed by atoms with van der Waals surface area (Å²) in [5.74, 6) is 0.704. The molecule has 98 valence electrons. The number of aromatic nitrogens is 1. The molecule has 1 aromatic heterocycles. The maximum atomic E-state index is 5.72. The van der Waals surface area contributed by atoms with Gasteiger partial charge >= 0.3 is 0 Å². The molecule has 0 amide bonds. The number of hydrogen-bond donors (Lipinski definition) is 2. The van der Waals surface area contributed by atoms with Crippen LogP contribution in [0.5, 0.6) is 0 Å². The molecular weight excluding hydrogens is 254 g/mol. The molecule has 0 fully saturated rings. The summed E-state index contributed by atoms with van der Waals surface area (Å²) < 4.78 is 0. The fourth-order valence-corrected chi connectivity index (χ4v) is 1.97. The van der Waals surface area contributed by atoms with Crippen LogP contribution in [0.15, 0.2) is 30.3 Å². The third-order valence-electron chi connectivity index (χ3n) is 3.07. The van der Waals surface area contributed by atoms with E-state index in [0.717, 1.165) is 16.9 Å². The highest BCUT2D eigenvalue weighted by molar-refractivity contribution is 7.80. The van der Waals surface area contributed by atoms with Gasteiger partial charge in [-0.25, -0.2) is 4.98 Å². The van der Waals surface area contributed by atoms with Crippen molar-refractivity contribution in [3.05, 3.63) is 52.7 Å². The predicted octanol–water partition coefficient (Wildman–Crippen LogP) is 3.38. The lowest BCUT2D eigenvalue weighted by atomic mass is 10.1. The molecule has 4 heteroatoms. The fourth-order valence-electron chi connectivity index (χ4n) is 1.81. The monoisotopic (exact) mass is 271 g/mol. The van der Waals surface area contributed by atoms with Crippen molar-refractivity contribution in [3.63, 3.8) is 0 Å². The van der Waals surface area contributed by atoms with Crippen LogP contribution in [-0.2, 0) is 0 Å². The molecule has 0 saturated heterocycles. The van der Waals surface area contributed by atoms with Gasteiger partial charge in [0, 0.05) is 11.4 Å². The zero-order chi connectivity index (χ0) is 14.0. The maximum Gasteiger partial charge on any atom is 0.140 e. The summed E-state index contributed by atoms with van der Waals surface area (Å²) in [5, 5.41) is 3.28. The standard InChI is InChI=1S/C15H17N3S/c1-9-4-6-12(8-10(9)2)18-15-13(14(16)19)7-5-11(3)17-15/h4-8H,1-3H3,(H2,16,19)(H,17,18). The topological polar surface area (TPSA) is 50.9 Å². The number of anilines is 2. The number of nitrogens with one attached hydrogen (secondary N) is 1. The van der Waals surface area contributed by atoms with Gasteiger partial charge in [-0.2, -0.15) is 0 Å². The first-order chi connectivity index (χ1) is 8.97. The smallest absolute Gasteiger partial charge is 0.140 e. The minimum absolute atomic E-state index is 0.346. The first-order valence-electron chi connectivity index (χ1n) is 6.09. The SMILES string of the molecule is Cc1ccc(C(N)=S)c(Nc2ccc(C)c(C)c2)n1. The third-order valence-corrected chi connectivity index (χ3v) is 3.29. The molecule has 2 aromatic rings. The normalized spacial score (nSPS) is 10.3. The minimum Gasteiger partial charge on any atom is -0.389 e. The molecule has 1 heterocycles. The van der Waals surface area contributed by atoms with Crippen molar-refractivity contribution >= 4 is 28.7 Å². The van der Waals surface area contributed by atoms with Gasteiger partial charge in [-0.05, 0) is 56.2 Å². The van der Waals surface area contributed by atoms with Crippen LogP contribution in [0.3, 0.4) is 0 Å². The molecule has 0 aliphatic heterocycles. The summed E-state index contributed by atoms with van der Waals surface area (Å²) in [7, 11) is 0. The van der Waals surface area contributed by atoms with Gasteiger partial charge in [0.1, 0.15) is 10.8 Å². The number of nitrogens with zero attached hydrogens (tertiary/aromatic N) is 1. The summed E-state index contributed by atoms with van der Waals surface area (Å²) in [6.07, 6.45) is 0. The molecule has 0 unspecified atom stereocenters. The average Bonchev–Trinajstić information content (AvgIpc) is 2.33. The number of rotatable bonds is 3. The van der Waals surface area contributed by atoms with E-state index in [-0.39, 0.29) is 0 Å². The number of aryl methyl sites for hydroxylation is 3. The second-order valence-electron chi connectivity index (χ2n) is 4.64. The Kier molecular flexibility index (Phi) is 3.81. The van der Waals surface area contributed by atoms with Crippen molar-refractivity contribution in [1.82, 2.24) is 4.98 Å². The van der Waals surface area contributed by atoms with Gasteiger partial charge in [-0.15, -0.1) is 0 Å². The summed E-state index contributed by atoms with van der Waals surface area (Å²) in [4.78, 5) is 4.81. The van der Waals surface area contributed by atoms with E-state index in [1.165, 1.54) is 11.1 Å². The van der Waals surface area contributed by atoms with E-state index >= 15 is 0 Å². The molecular formula is C15H17N3S. The molecule has 0 radical (unpaired) electrons. The Morgan fingerprint density at radius 1 is 1.11 bits per heavy atom. The van der Waals surface area contributed by atoms with E-state index in [1.807, 2.05) is 25.1 Å². The van der Waals surface area contributed by atoms with Crippen molar-refractivity contribution in [2.24, 2.45) is 5.73 Å². The Labute approximate surface area is 118 Å². The van der Waals surface area contributed by atoms with E-state index in [9.17, 15) is 0 Å². The Bertz CT molecular complexity index is 635. The first-order valence-corrected chi connectivity index (χ1v) is 6.50. The molecule has 3 nitrogen and oxygen atoms in total. The lowest BCUT2D eigenvalue weighted by Gasteiger charge is -2.12. The number of thiocarbonyl (C=S) groups is 1. The summed E-state index contributed by atoms with van der Waals surface area (Å²) in [6, 6.07) is 9.99. The summed E-state index contributed by atoms with van der Waals surface area (Å²) >= 11 is 5.05. The van der Waals surface area contributed by atoms with E-state index in [0.29, 0.717) is 10.8 Å². The number of benzene rings is 1. The number of hydrogen-bond acceptors (Lipinski definition) is 3. The minimum atomic E-state index is 0.346. The molecule has 2 rings (SSSR count). The van der Waals surface area contributed by atoms with Crippen molar-refractivity contribution < 1.29 is 0 Å². The van der Waals surface area contributed by atoms with Gasteiger partial charge in [-0.1, -0.05) is 18.3 Å². The first kappa shape index (κ1) is 13.5. The van der Waals surface area contributed by atoms with Crippen LogP contribution in [0.2, 0.25) is 0 Å². The lowest BCUT2D eigenvalue weighted by molar-refractivity contribution is 1.19. The lowest BCUT2D eigenvalue weighted by Crippen LogP contribution is -2.13. The molecule has 0 aliphatic rings. The van der Waals surface area contributed by atoms with Gasteiger partial charge in [0.05, 0.1) is 5.56 Å². The average molecular weight is 271 g/mol. The van der Waals surface area contributed by atoms with Crippen LogP contribution >= 0.6 is 12.2 Å². The van der Waals surface area contributed by atoms with E-state index in [1.54, 1.807) is 0 Å². The predicted molar refractivity (Wildman–Crippen MR) is 84.1 cm³/mol. The van der Waals surface area contributed by atoms with Gasteiger partial charge in [0.25, 0.3) is 0 Å². The van der Waals surface area contributed by atoms with Crippen LogP contribution in [0.4, 0.5) is 11.5 Å². The Balaban J connectivity index is 2.39. The molecule has 0 saturated carbocycles. The molecule has 0 bridgehead atoms. The van der Waals surface area contributed by atoms with Crippen molar-refractivity contribution in [2.75, 3.05) is 5.32 Å². The van der Waals surface area contributed by atoms with Crippen molar-refractivity contribution in [3.8, 4) is 0 Å².